The van der Waals surface area contributed by atoms with Crippen LogP contribution in [-0.2, 0) is 15.9 Å². The molecule has 1 saturated heterocycles. The van der Waals surface area contributed by atoms with Gasteiger partial charge in [0.2, 0.25) is 0 Å². The normalized spacial score (nSPS) is 24.1. The predicted molar refractivity (Wildman–Crippen MR) is 95.9 cm³/mol. The third-order valence-electron chi connectivity index (χ3n) is 5.75. The van der Waals surface area contributed by atoms with Gasteiger partial charge in [-0.25, -0.2) is 0 Å². The molecule has 0 unspecified atom stereocenters. The lowest BCUT2D eigenvalue weighted by Gasteiger charge is -2.32. The number of rotatable bonds is 4. The van der Waals surface area contributed by atoms with Crippen LogP contribution in [0.1, 0.15) is 65.4 Å². The first-order valence-electron chi connectivity index (χ1n) is 9.06. The van der Waals surface area contributed by atoms with Gasteiger partial charge in [0.05, 0.1) is 11.2 Å². The molecule has 0 amide bonds. The Kier molecular flexibility index (Phi) is 4.86. The quantitative estimate of drug-likeness (QED) is 0.864. The molecule has 1 aliphatic heterocycles. The zero-order chi connectivity index (χ0) is 16.5. The van der Waals surface area contributed by atoms with Crippen LogP contribution in [0, 0.1) is 0 Å². The van der Waals surface area contributed by atoms with Gasteiger partial charge in [-0.15, -0.1) is 0 Å². The van der Waals surface area contributed by atoms with Gasteiger partial charge in [0.25, 0.3) is 0 Å². The zero-order valence-electron chi connectivity index (χ0n) is 15.0. The SMILES string of the molecule is CC1(C)OB(c2ccccc2CNC2CCCCC2)OC1(C)C. The number of nitrogens with one attached hydrogen (secondary N) is 1. The van der Waals surface area contributed by atoms with Crippen molar-refractivity contribution in [3.8, 4) is 0 Å². The third kappa shape index (κ3) is 3.65. The molecule has 0 bridgehead atoms. The molecule has 126 valence electrons. The Hall–Kier alpha value is -0.835. The molecule has 1 aromatic carbocycles. The van der Waals surface area contributed by atoms with Gasteiger partial charge in [0, 0.05) is 12.6 Å². The van der Waals surface area contributed by atoms with Crippen LogP contribution in [0.5, 0.6) is 0 Å². The van der Waals surface area contributed by atoms with Crippen molar-refractivity contribution in [2.24, 2.45) is 0 Å². The summed E-state index contributed by atoms with van der Waals surface area (Å²) >= 11 is 0. The first-order valence-corrected chi connectivity index (χ1v) is 9.06. The molecule has 1 saturated carbocycles. The molecular formula is C19H30BNO2. The highest BCUT2D eigenvalue weighted by Crippen LogP contribution is 2.36. The second-order valence-corrected chi connectivity index (χ2v) is 8.00. The molecule has 23 heavy (non-hydrogen) atoms. The summed E-state index contributed by atoms with van der Waals surface area (Å²) in [5.41, 5.74) is 1.87. The van der Waals surface area contributed by atoms with E-state index in [4.69, 9.17) is 9.31 Å². The van der Waals surface area contributed by atoms with Gasteiger partial charge in [-0.1, -0.05) is 43.5 Å². The average Bonchev–Trinajstić information content (AvgIpc) is 2.75. The van der Waals surface area contributed by atoms with E-state index in [1.54, 1.807) is 0 Å². The van der Waals surface area contributed by atoms with E-state index >= 15 is 0 Å². The monoisotopic (exact) mass is 315 g/mol. The maximum Gasteiger partial charge on any atom is 0.495 e. The number of benzene rings is 1. The van der Waals surface area contributed by atoms with Crippen molar-refractivity contribution in [2.45, 2.75) is 83.6 Å². The Labute approximate surface area is 141 Å². The van der Waals surface area contributed by atoms with E-state index in [-0.39, 0.29) is 18.3 Å². The van der Waals surface area contributed by atoms with Gasteiger partial charge in [0.15, 0.2) is 0 Å². The standard InChI is InChI=1S/C19H30BNO2/c1-18(2)19(3,4)23-20(22-18)17-13-9-8-10-15(17)14-21-16-11-6-5-7-12-16/h8-10,13,16,21H,5-7,11-12,14H2,1-4H3. The lowest BCUT2D eigenvalue weighted by molar-refractivity contribution is 0.00578. The maximum absolute atomic E-state index is 6.23. The van der Waals surface area contributed by atoms with E-state index in [9.17, 15) is 0 Å². The zero-order valence-corrected chi connectivity index (χ0v) is 15.0. The summed E-state index contributed by atoms with van der Waals surface area (Å²) in [4.78, 5) is 0. The number of hydrogen-bond donors (Lipinski definition) is 1. The maximum atomic E-state index is 6.23. The highest BCUT2D eigenvalue weighted by Gasteiger charge is 2.52. The molecule has 0 radical (unpaired) electrons. The molecule has 1 aliphatic carbocycles. The van der Waals surface area contributed by atoms with E-state index in [1.807, 2.05) is 0 Å². The van der Waals surface area contributed by atoms with Crippen LogP contribution in [-0.4, -0.2) is 24.4 Å². The number of hydrogen-bond acceptors (Lipinski definition) is 3. The summed E-state index contributed by atoms with van der Waals surface area (Å²) in [7, 11) is -0.274. The molecule has 3 nitrogen and oxygen atoms in total. The summed E-state index contributed by atoms with van der Waals surface area (Å²) < 4.78 is 12.5. The summed E-state index contributed by atoms with van der Waals surface area (Å²) in [6, 6.07) is 9.17. The van der Waals surface area contributed by atoms with Crippen molar-refractivity contribution in [1.82, 2.24) is 5.32 Å². The molecule has 1 aromatic rings. The molecule has 0 aromatic heterocycles. The highest BCUT2D eigenvalue weighted by molar-refractivity contribution is 6.62. The van der Waals surface area contributed by atoms with Gasteiger partial charge >= 0.3 is 7.12 Å². The van der Waals surface area contributed by atoms with Crippen molar-refractivity contribution in [3.05, 3.63) is 29.8 Å². The van der Waals surface area contributed by atoms with Crippen molar-refractivity contribution in [3.63, 3.8) is 0 Å². The molecule has 2 aliphatic rings. The minimum absolute atomic E-state index is 0.274. The molecule has 1 heterocycles. The van der Waals surface area contributed by atoms with Gasteiger partial charge < -0.3 is 14.6 Å². The Morgan fingerprint density at radius 2 is 1.61 bits per heavy atom. The van der Waals surface area contributed by atoms with Gasteiger partial charge in [-0.3, -0.25) is 0 Å². The van der Waals surface area contributed by atoms with Crippen LogP contribution in [0.2, 0.25) is 0 Å². The van der Waals surface area contributed by atoms with Crippen LogP contribution >= 0.6 is 0 Å². The second kappa shape index (κ2) is 6.58. The molecule has 0 spiro atoms. The summed E-state index contributed by atoms with van der Waals surface area (Å²) in [6.07, 6.45) is 6.72. The van der Waals surface area contributed by atoms with Crippen molar-refractivity contribution >= 4 is 12.6 Å². The van der Waals surface area contributed by atoms with E-state index < -0.39 is 0 Å². The lowest BCUT2D eigenvalue weighted by Crippen LogP contribution is -2.41. The van der Waals surface area contributed by atoms with Crippen molar-refractivity contribution < 1.29 is 9.31 Å². The smallest absolute Gasteiger partial charge is 0.399 e. The van der Waals surface area contributed by atoms with Crippen LogP contribution in [0.25, 0.3) is 0 Å². The van der Waals surface area contributed by atoms with E-state index in [0.29, 0.717) is 6.04 Å². The summed E-state index contributed by atoms with van der Waals surface area (Å²) in [5, 5.41) is 3.73. The molecule has 1 N–H and O–H groups in total. The Morgan fingerprint density at radius 1 is 1.00 bits per heavy atom. The van der Waals surface area contributed by atoms with E-state index in [0.717, 1.165) is 12.0 Å². The van der Waals surface area contributed by atoms with Crippen LogP contribution in [0.4, 0.5) is 0 Å². The topological polar surface area (TPSA) is 30.5 Å². The average molecular weight is 315 g/mol. The van der Waals surface area contributed by atoms with Gasteiger partial charge in [-0.05, 0) is 51.6 Å². The lowest BCUT2D eigenvalue weighted by atomic mass is 9.76. The highest BCUT2D eigenvalue weighted by atomic mass is 16.7. The fraction of sp³-hybridized carbons (Fsp3) is 0.684. The fourth-order valence-corrected chi connectivity index (χ4v) is 3.46. The Balaban J connectivity index is 1.71. The summed E-state index contributed by atoms with van der Waals surface area (Å²) in [5.74, 6) is 0. The van der Waals surface area contributed by atoms with Crippen LogP contribution < -0.4 is 10.8 Å². The van der Waals surface area contributed by atoms with Crippen LogP contribution in [0.15, 0.2) is 24.3 Å². The fourth-order valence-electron chi connectivity index (χ4n) is 3.46. The molecule has 4 heteroatoms. The van der Waals surface area contributed by atoms with Crippen LogP contribution in [0.3, 0.4) is 0 Å². The third-order valence-corrected chi connectivity index (χ3v) is 5.75. The van der Waals surface area contributed by atoms with E-state index in [1.165, 1.54) is 37.7 Å². The first kappa shape index (κ1) is 17.0. The van der Waals surface area contributed by atoms with Gasteiger partial charge in [-0.2, -0.15) is 0 Å². The molecule has 3 rings (SSSR count). The molecule has 2 fully saturated rings. The second-order valence-electron chi connectivity index (χ2n) is 8.00. The Bertz CT molecular complexity index is 522. The van der Waals surface area contributed by atoms with E-state index in [2.05, 4.69) is 57.3 Å². The largest absolute Gasteiger partial charge is 0.495 e. The first-order chi connectivity index (χ1) is 10.9. The summed E-state index contributed by atoms with van der Waals surface area (Å²) in [6.45, 7) is 9.32. The van der Waals surface area contributed by atoms with Gasteiger partial charge in [0.1, 0.15) is 0 Å². The minimum Gasteiger partial charge on any atom is -0.399 e. The predicted octanol–water partition coefficient (Wildman–Crippen LogP) is 3.41. The van der Waals surface area contributed by atoms with Crippen molar-refractivity contribution in [1.29, 1.82) is 0 Å². The molecule has 0 atom stereocenters. The van der Waals surface area contributed by atoms with Crippen molar-refractivity contribution in [2.75, 3.05) is 0 Å². The Morgan fingerprint density at radius 3 is 2.26 bits per heavy atom. The molecular weight excluding hydrogens is 285 g/mol. The minimum atomic E-state index is -0.290.